The van der Waals surface area contributed by atoms with Crippen molar-refractivity contribution in [2.24, 2.45) is 5.92 Å². The van der Waals surface area contributed by atoms with E-state index in [1.165, 1.54) is 7.11 Å². The molecule has 0 amide bonds. The molecule has 1 saturated carbocycles. The van der Waals surface area contributed by atoms with Crippen LogP contribution in [0.1, 0.15) is 92.4 Å². The molecule has 2 aliphatic rings. The molecule has 0 bridgehead atoms. The van der Waals surface area contributed by atoms with E-state index in [2.05, 4.69) is 47.7 Å². The molecule has 0 aromatic carbocycles. The molecule has 0 aromatic heterocycles. The second-order valence-electron chi connectivity index (χ2n) is 11.6. The molecule has 2 fully saturated rings. The number of carbonyl (C=O) groups is 2. The number of methoxy groups -OCH3 is 1. The van der Waals surface area contributed by atoms with Gasteiger partial charge in [0.15, 0.2) is 19.9 Å². The van der Waals surface area contributed by atoms with Gasteiger partial charge in [-0.3, -0.25) is 9.59 Å². The van der Waals surface area contributed by atoms with Crippen LogP contribution in [0.2, 0.25) is 18.1 Å². The number of carbonyl (C=O) groups excluding carboxylic acids is 2. The zero-order chi connectivity index (χ0) is 24.2. The summed E-state index contributed by atoms with van der Waals surface area (Å²) in [6.07, 6.45) is 5.81. The summed E-state index contributed by atoms with van der Waals surface area (Å²) in [5.41, 5.74) is 0. The topological polar surface area (TPSA) is 71.1 Å². The summed E-state index contributed by atoms with van der Waals surface area (Å²) in [5, 5.41) is 0.0578. The molecule has 1 unspecified atom stereocenters. The first-order valence-corrected chi connectivity index (χ1v) is 15.3. The molecular weight excluding hydrogens is 424 g/mol. The molecular formula is C25H46O6Si. The lowest BCUT2D eigenvalue weighted by Crippen LogP contribution is -2.48. The van der Waals surface area contributed by atoms with Gasteiger partial charge < -0.3 is 18.6 Å². The van der Waals surface area contributed by atoms with Gasteiger partial charge in [-0.1, -0.05) is 34.6 Å². The Labute approximate surface area is 196 Å². The highest BCUT2D eigenvalue weighted by Crippen LogP contribution is 2.42. The molecule has 1 saturated heterocycles. The van der Waals surface area contributed by atoms with E-state index in [-0.39, 0.29) is 41.5 Å². The summed E-state index contributed by atoms with van der Waals surface area (Å²) in [7, 11) is -0.646. The Morgan fingerprint density at radius 1 is 1.09 bits per heavy atom. The van der Waals surface area contributed by atoms with Crippen LogP contribution in [0.25, 0.3) is 0 Å². The van der Waals surface area contributed by atoms with Gasteiger partial charge in [0.1, 0.15) is 6.10 Å². The van der Waals surface area contributed by atoms with Gasteiger partial charge in [-0.05, 0) is 49.7 Å². The van der Waals surface area contributed by atoms with Crippen LogP contribution in [0.15, 0.2) is 0 Å². The average Bonchev–Trinajstić information content (AvgIpc) is 3.10. The Balaban J connectivity index is 2.04. The van der Waals surface area contributed by atoms with E-state index in [1.807, 2.05) is 0 Å². The van der Waals surface area contributed by atoms with Crippen LogP contribution in [0.5, 0.6) is 0 Å². The smallest absolute Gasteiger partial charge is 0.308 e. The lowest BCUT2D eigenvalue weighted by molar-refractivity contribution is -0.315. The summed E-state index contributed by atoms with van der Waals surface area (Å²) < 4.78 is 24.0. The van der Waals surface area contributed by atoms with Crippen molar-refractivity contribution in [2.45, 2.75) is 135 Å². The number of rotatable bonds is 10. The minimum atomic E-state index is -2.05. The third-order valence-electron chi connectivity index (χ3n) is 7.28. The Morgan fingerprint density at radius 3 is 2.22 bits per heavy atom. The van der Waals surface area contributed by atoms with Crippen molar-refractivity contribution in [2.75, 3.05) is 7.11 Å². The minimum absolute atomic E-state index is 0.0578. The number of esters is 1. The van der Waals surface area contributed by atoms with Crippen molar-refractivity contribution < 1.29 is 28.2 Å². The van der Waals surface area contributed by atoms with E-state index in [0.29, 0.717) is 25.2 Å². The maximum atomic E-state index is 13.3. The molecule has 7 heteroatoms. The normalized spacial score (nSPS) is 24.7. The van der Waals surface area contributed by atoms with Crippen molar-refractivity contribution in [3.05, 3.63) is 0 Å². The highest BCUT2D eigenvalue weighted by atomic mass is 28.4. The first kappa shape index (κ1) is 27.5. The molecule has 2 rings (SSSR count). The van der Waals surface area contributed by atoms with Gasteiger partial charge in [-0.2, -0.15) is 0 Å². The monoisotopic (exact) mass is 470 g/mol. The number of ether oxygens (including phenoxy) is 3. The van der Waals surface area contributed by atoms with Gasteiger partial charge >= 0.3 is 5.97 Å². The van der Waals surface area contributed by atoms with E-state index in [0.717, 1.165) is 32.1 Å². The van der Waals surface area contributed by atoms with Crippen LogP contribution < -0.4 is 0 Å². The Morgan fingerprint density at radius 2 is 1.69 bits per heavy atom. The van der Waals surface area contributed by atoms with Gasteiger partial charge in [0, 0.05) is 25.7 Å². The summed E-state index contributed by atoms with van der Waals surface area (Å²) in [6, 6.07) is 0. The molecule has 0 aromatic rings. The van der Waals surface area contributed by atoms with Crippen molar-refractivity contribution in [1.29, 1.82) is 0 Å². The number of hydrogen-bond donors (Lipinski definition) is 0. The summed E-state index contributed by atoms with van der Waals surface area (Å²) in [6.45, 7) is 15.3. The van der Waals surface area contributed by atoms with E-state index < -0.39 is 14.1 Å². The maximum absolute atomic E-state index is 13.3. The zero-order valence-corrected chi connectivity index (χ0v) is 22.6. The SMILES string of the molecule is COC(=O)C[C@H]1CC(CCC(=O)[C@@H](CC(C)C)O[Si](C)(C)C(C)(C)C)OC2(CCCC2)O1. The molecule has 3 atom stereocenters. The highest BCUT2D eigenvalue weighted by Gasteiger charge is 2.45. The lowest BCUT2D eigenvalue weighted by atomic mass is 9.96. The quantitative estimate of drug-likeness (QED) is 0.298. The van der Waals surface area contributed by atoms with E-state index in [4.69, 9.17) is 18.6 Å². The third kappa shape index (κ3) is 7.64. The molecule has 1 heterocycles. The summed E-state index contributed by atoms with van der Waals surface area (Å²) in [5.74, 6) is -0.304. The molecule has 1 spiro atoms. The van der Waals surface area contributed by atoms with Gasteiger partial charge in [-0.15, -0.1) is 0 Å². The van der Waals surface area contributed by atoms with Crippen LogP contribution >= 0.6 is 0 Å². The van der Waals surface area contributed by atoms with Crippen LogP contribution in [0.4, 0.5) is 0 Å². The zero-order valence-electron chi connectivity index (χ0n) is 21.6. The molecule has 186 valence electrons. The van der Waals surface area contributed by atoms with Crippen LogP contribution in [0.3, 0.4) is 0 Å². The predicted molar refractivity (Wildman–Crippen MR) is 128 cm³/mol. The Kier molecular flexibility index (Phi) is 9.54. The van der Waals surface area contributed by atoms with Crippen molar-refractivity contribution in [3.63, 3.8) is 0 Å². The summed E-state index contributed by atoms with van der Waals surface area (Å²) >= 11 is 0. The average molecular weight is 471 g/mol. The number of hydrogen-bond acceptors (Lipinski definition) is 6. The Hall–Kier alpha value is -0.763. The minimum Gasteiger partial charge on any atom is -0.469 e. The van der Waals surface area contributed by atoms with Gasteiger partial charge in [0.05, 0.1) is 25.7 Å². The van der Waals surface area contributed by atoms with Gasteiger partial charge in [-0.25, -0.2) is 0 Å². The van der Waals surface area contributed by atoms with Crippen LogP contribution in [0, 0.1) is 5.92 Å². The first-order chi connectivity index (χ1) is 14.8. The fourth-order valence-corrected chi connectivity index (χ4v) is 5.71. The fraction of sp³-hybridized carbons (Fsp3) is 0.920. The maximum Gasteiger partial charge on any atom is 0.308 e. The van der Waals surface area contributed by atoms with E-state index in [9.17, 15) is 9.59 Å². The molecule has 1 aliphatic heterocycles. The summed E-state index contributed by atoms with van der Waals surface area (Å²) in [4.78, 5) is 25.1. The van der Waals surface area contributed by atoms with Gasteiger partial charge in [0.25, 0.3) is 0 Å². The highest BCUT2D eigenvalue weighted by molar-refractivity contribution is 6.74. The largest absolute Gasteiger partial charge is 0.469 e. The lowest BCUT2D eigenvalue weighted by Gasteiger charge is -2.43. The molecule has 6 nitrogen and oxygen atoms in total. The van der Waals surface area contributed by atoms with Crippen molar-refractivity contribution in [3.8, 4) is 0 Å². The van der Waals surface area contributed by atoms with Crippen LogP contribution in [-0.2, 0) is 28.2 Å². The number of Topliss-reactive ketones (excluding diaryl/α,β-unsaturated/α-hetero) is 1. The fourth-order valence-electron chi connectivity index (χ4n) is 4.42. The van der Waals surface area contributed by atoms with Crippen molar-refractivity contribution >= 4 is 20.1 Å². The van der Waals surface area contributed by atoms with E-state index in [1.54, 1.807) is 0 Å². The molecule has 32 heavy (non-hydrogen) atoms. The van der Waals surface area contributed by atoms with Gasteiger partial charge in [0.2, 0.25) is 0 Å². The number of ketones is 1. The molecule has 0 radical (unpaired) electrons. The third-order valence-corrected chi connectivity index (χ3v) is 11.8. The van der Waals surface area contributed by atoms with E-state index >= 15 is 0 Å². The van der Waals surface area contributed by atoms with Crippen molar-refractivity contribution in [1.82, 2.24) is 0 Å². The standard InChI is InChI=1S/C25H46O6Si/c1-18(2)15-22(31-32(7,8)24(3,4)5)21(26)12-11-19-16-20(17-23(27)28-6)30-25(29-19)13-9-10-14-25/h18-20,22H,9-17H2,1-8H3/t19?,20-,22-/m1/s1. The molecule has 1 aliphatic carbocycles. The van der Waals surface area contributed by atoms with Crippen LogP contribution in [-0.4, -0.2) is 51.3 Å². The second-order valence-corrected chi connectivity index (χ2v) is 16.4. The Bertz CT molecular complexity index is 633. The molecule has 0 N–H and O–H groups in total. The second kappa shape index (κ2) is 11.1. The first-order valence-electron chi connectivity index (χ1n) is 12.4. The predicted octanol–water partition coefficient (Wildman–Crippen LogP) is 5.78.